The fourth-order valence-electron chi connectivity index (χ4n) is 2.21. The average Bonchev–Trinajstić information content (AvgIpc) is 2.88. The van der Waals surface area contributed by atoms with Gasteiger partial charge in [0.05, 0.1) is 19.3 Å². The Balaban J connectivity index is 2.25. The second-order valence-corrected chi connectivity index (χ2v) is 4.48. The molecule has 4 heteroatoms. The van der Waals surface area contributed by atoms with Gasteiger partial charge in [-0.3, -0.25) is 0 Å². The van der Waals surface area contributed by atoms with E-state index in [0.717, 1.165) is 0 Å². The van der Waals surface area contributed by atoms with Gasteiger partial charge in [-0.05, 0) is 31.0 Å². The Morgan fingerprint density at radius 2 is 2.44 bits per heavy atom. The van der Waals surface area contributed by atoms with Crippen LogP contribution in [-0.2, 0) is 4.74 Å². The van der Waals surface area contributed by atoms with Gasteiger partial charge in [0.2, 0.25) is 0 Å². The Hall–Kier alpha value is -1.57. The van der Waals surface area contributed by atoms with Crippen LogP contribution in [0.2, 0.25) is 0 Å². The van der Waals surface area contributed by atoms with E-state index in [-0.39, 0.29) is 6.61 Å². The summed E-state index contributed by atoms with van der Waals surface area (Å²) in [6.45, 7) is 3.29. The summed E-state index contributed by atoms with van der Waals surface area (Å²) < 4.78 is 10.7. The minimum atomic E-state index is -0.842. The SMILES string of the molecule is CCOc1cccc(C(O)C2(C#N)CCOC2)c1. The highest BCUT2D eigenvalue weighted by Crippen LogP contribution is 2.41. The molecular weight excluding hydrogens is 230 g/mol. The predicted octanol–water partition coefficient (Wildman–Crippen LogP) is 2.05. The van der Waals surface area contributed by atoms with Crippen molar-refractivity contribution in [2.75, 3.05) is 19.8 Å². The van der Waals surface area contributed by atoms with Gasteiger partial charge < -0.3 is 14.6 Å². The monoisotopic (exact) mass is 247 g/mol. The number of hydrogen-bond acceptors (Lipinski definition) is 4. The largest absolute Gasteiger partial charge is 0.494 e. The van der Waals surface area contributed by atoms with Crippen molar-refractivity contribution in [3.05, 3.63) is 29.8 Å². The van der Waals surface area contributed by atoms with Crippen molar-refractivity contribution < 1.29 is 14.6 Å². The second-order valence-electron chi connectivity index (χ2n) is 4.48. The average molecular weight is 247 g/mol. The molecule has 0 aliphatic carbocycles. The summed E-state index contributed by atoms with van der Waals surface area (Å²) >= 11 is 0. The van der Waals surface area contributed by atoms with Crippen molar-refractivity contribution >= 4 is 0 Å². The van der Waals surface area contributed by atoms with Crippen molar-refractivity contribution in [2.24, 2.45) is 5.41 Å². The van der Waals surface area contributed by atoms with Crippen LogP contribution in [0.25, 0.3) is 0 Å². The van der Waals surface area contributed by atoms with Gasteiger partial charge in [-0.2, -0.15) is 5.26 Å². The number of ether oxygens (including phenoxy) is 2. The molecule has 1 aromatic carbocycles. The van der Waals surface area contributed by atoms with Crippen LogP contribution in [0.1, 0.15) is 25.0 Å². The van der Waals surface area contributed by atoms with Gasteiger partial charge in [-0.1, -0.05) is 12.1 Å². The summed E-state index contributed by atoms with van der Waals surface area (Å²) in [5, 5.41) is 19.7. The quantitative estimate of drug-likeness (QED) is 0.884. The lowest BCUT2D eigenvalue weighted by molar-refractivity contribution is 0.0502. The van der Waals surface area contributed by atoms with E-state index >= 15 is 0 Å². The van der Waals surface area contributed by atoms with E-state index < -0.39 is 11.5 Å². The highest BCUT2D eigenvalue weighted by Gasteiger charge is 2.43. The zero-order valence-corrected chi connectivity index (χ0v) is 10.4. The molecule has 1 N–H and O–H groups in total. The fraction of sp³-hybridized carbons (Fsp3) is 0.500. The van der Waals surface area contributed by atoms with Crippen molar-refractivity contribution in [2.45, 2.75) is 19.4 Å². The van der Waals surface area contributed by atoms with Gasteiger partial charge in [0.1, 0.15) is 17.3 Å². The van der Waals surface area contributed by atoms with E-state index in [1.807, 2.05) is 25.1 Å². The van der Waals surface area contributed by atoms with E-state index in [9.17, 15) is 10.4 Å². The summed E-state index contributed by atoms with van der Waals surface area (Å²) in [6, 6.07) is 9.47. The highest BCUT2D eigenvalue weighted by molar-refractivity contribution is 5.32. The Bertz CT molecular complexity index is 447. The van der Waals surface area contributed by atoms with Crippen molar-refractivity contribution in [3.8, 4) is 11.8 Å². The van der Waals surface area contributed by atoms with Crippen LogP contribution in [-0.4, -0.2) is 24.9 Å². The summed E-state index contributed by atoms with van der Waals surface area (Å²) in [7, 11) is 0. The standard InChI is InChI=1S/C14H17NO3/c1-2-18-12-5-3-4-11(8-12)13(16)14(9-15)6-7-17-10-14/h3-5,8,13,16H,2,6-7,10H2,1H3. The molecule has 0 aromatic heterocycles. The summed E-state index contributed by atoms with van der Waals surface area (Å²) in [4.78, 5) is 0. The zero-order valence-electron chi connectivity index (χ0n) is 10.4. The molecule has 18 heavy (non-hydrogen) atoms. The first kappa shape index (κ1) is 12.9. The van der Waals surface area contributed by atoms with Gasteiger partial charge in [0, 0.05) is 6.61 Å². The van der Waals surface area contributed by atoms with Crippen LogP contribution in [0.4, 0.5) is 0 Å². The molecule has 1 heterocycles. The normalized spacial score (nSPS) is 24.5. The van der Waals surface area contributed by atoms with Gasteiger partial charge in [-0.15, -0.1) is 0 Å². The third-order valence-electron chi connectivity index (χ3n) is 3.28. The Morgan fingerprint density at radius 3 is 3.06 bits per heavy atom. The molecule has 0 radical (unpaired) electrons. The zero-order chi connectivity index (χ0) is 13.0. The number of aliphatic hydroxyl groups is 1. The van der Waals surface area contributed by atoms with Gasteiger partial charge >= 0.3 is 0 Å². The van der Waals surface area contributed by atoms with Crippen LogP contribution in [0.5, 0.6) is 5.75 Å². The van der Waals surface area contributed by atoms with Crippen LogP contribution < -0.4 is 4.74 Å². The van der Waals surface area contributed by atoms with Crippen LogP contribution in [0.15, 0.2) is 24.3 Å². The topological polar surface area (TPSA) is 62.5 Å². The maximum absolute atomic E-state index is 10.4. The predicted molar refractivity (Wildman–Crippen MR) is 66.1 cm³/mol. The third kappa shape index (κ3) is 2.33. The van der Waals surface area contributed by atoms with E-state index in [1.54, 1.807) is 6.07 Å². The van der Waals surface area contributed by atoms with Gasteiger partial charge in [0.15, 0.2) is 0 Å². The molecule has 1 fully saturated rings. The van der Waals surface area contributed by atoms with Crippen LogP contribution in [0.3, 0.4) is 0 Å². The van der Waals surface area contributed by atoms with E-state index in [0.29, 0.717) is 30.9 Å². The minimum absolute atomic E-state index is 0.281. The first-order valence-corrected chi connectivity index (χ1v) is 6.11. The summed E-state index contributed by atoms with van der Waals surface area (Å²) in [5.41, 5.74) is -0.127. The minimum Gasteiger partial charge on any atom is -0.494 e. The number of rotatable bonds is 4. The maximum Gasteiger partial charge on any atom is 0.119 e. The third-order valence-corrected chi connectivity index (χ3v) is 3.28. The lowest BCUT2D eigenvalue weighted by Crippen LogP contribution is -2.27. The number of benzene rings is 1. The Morgan fingerprint density at radius 1 is 1.61 bits per heavy atom. The number of hydrogen-bond donors (Lipinski definition) is 1. The molecule has 0 saturated carbocycles. The first-order chi connectivity index (χ1) is 8.72. The van der Waals surface area contributed by atoms with Gasteiger partial charge in [0.25, 0.3) is 0 Å². The lowest BCUT2D eigenvalue weighted by Gasteiger charge is -2.25. The maximum atomic E-state index is 10.4. The van der Waals surface area contributed by atoms with E-state index in [1.165, 1.54) is 0 Å². The highest BCUT2D eigenvalue weighted by atomic mass is 16.5. The summed E-state index contributed by atoms with van der Waals surface area (Å²) in [6.07, 6.45) is -0.283. The molecule has 96 valence electrons. The van der Waals surface area contributed by atoms with E-state index in [4.69, 9.17) is 9.47 Å². The fourth-order valence-corrected chi connectivity index (χ4v) is 2.21. The molecule has 2 rings (SSSR count). The molecule has 0 spiro atoms. The second kappa shape index (κ2) is 5.38. The van der Waals surface area contributed by atoms with Gasteiger partial charge in [-0.25, -0.2) is 0 Å². The first-order valence-electron chi connectivity index (χ1n) is 6.11. The molecule has 0 amide bonds. The van der Waals surface area contributed by atoms with E-state index in [2.05, 4.69) is 6.07 Å². The van der Waals surface area contributed by atoms with Crippen molar-refractivity contribution in [1.29, 1.82) is 5.26 Å². The lowest BCUT2D eigenvalue weighted by atomic mass is 9.79. The van der Waals surface area contributed by atoms with Crippen LogP contribution in [0, 0.1) is 16.7 Å². The molecular formula is C14H17NO3. The van der Waals surface area contributed by atoms with Crippen molar-refractivity contribution in [1.82, 2.24) is 0 Å². The summed E-state index contributed by atoms with van der Waals surface area (Å²) in [5.74, 6) is 0.709. The molecule has 1 aliphatic rings. The van der Waals surface area contributed by atoms with Crippen molar-refractivity contribution in [3.63, 3.8) is 0 Å². The molecule has 0 bridgehead atoms. The number of nitrogens with zero attached hydrogens (tertiary/aromatic N) is 1. The number of aliphatic hydroxyl groups excluding tert-OH is 1. The molecule has 1 saturated heterocycles. The molecule has 2 unspecified atom stereocenters. The molecule has 1 aliphatic heterocycles. The van der Waals surface area contributed by atoms with Crippen LogP contribution >= 0.6 is 0 Å². The molecule has 1 aromatic rings. The Kier molecular flexibility index (Phi) is 3.85. The smallest absolute Gasteiger partial charge is 0.119 e. The molecule has 4 nitrogen and oxygen atoms in total. The number of nitriles is 1. The molecule has 2 atom stereocenters. The Labute approximate surface area is 107 Å².